The Bertz CT molecular complexity index is 1320. The summed E-state index contributed by atoms with van der Waals surface area (Å²) in [6.07, 6.45) is 1.50. The predicted octanol–water partition coefficient (Wildman–Crippen LogP) is 5.32. The maximum absolute atomic E-state index is 13.9. The Balaban J connectivity index is 1.47. The summed E-state index contributed by atoms with van der Waals surface area (Å²) in [7, 11) is 0. The van der Waals surface area contributed by atoms with E-state index in [0.717, 1.165) is 17.2 Å². The second-order valence-corrected chi connectivity index (χ2v) is 9.12. The number of pyridine rings is 1. The molecule has 1 N–H and O–H groups in total. The third kappa shape index (κ3) is 7.36. The van der Waals surface area contributed by atoms with Crippen LogP contribution in [0.5, 0.6) is 0 Å². The van der Waals surface area contributed by atoms with Gasteiger partial charge in [-0.1, -0.05) is 30.3 Å². The predicted molar refractivity (Wildman–Crippen MR) is 139 cm³/mol. The van der Waals surface area contributed by atoms with E-state index in [4.69, 9.17) is 4.74 Å². The number of carbonyl (C=O) groups excluding carboxylic acids is 2. The van der Waals surface area contributed by atoms with Crippen LogP contribution in [0.25, 0.3) is 6.08 Å². The van der Waals surface area contributed by atoms with Crippen LogP contribution in [0, 0.1) is 6.92 Å². The fraction of sp³-hybridized carbons (Fsp3) is 0.276. The van der Waals surface area contributed by atoms with Crippen LogP contribution in [-0.2, 0) is 28.7 Å². The van der Waals surface area contributed by atoms with Crippen molar-refractivity contribution in [2.24, 2.45) is 0 Å². The van der Waals surface area contributed by atoms with E-state index in [0.29, 0.717) is 37.6 Å². The maximum Gasteiger partial charge on any atom is 0.416 e. The third-order valence-electron chi connectivity index (χ3n) is 6.27. The van der Waals surface area contributed by atoms with Crippen LogP contribution in [-0.4, -0.2) is 47.9 Å². The molecule has 9 heteroatoms. The van der Waals surface area contributed by atoms with Crippen LogP contribution in [0.3, 0.4) is 0 Å². The van der Waals surface area contributed by atoms with Crippen molar-refractivity contribution in [3.63, 3.8) is 0 Å². The van der Waals surface area contributed by atoms with E-state index in [9.17, 15) is 22.8 Å². The summed E-state index contributed by atoms with van der Waals surface area (Å²) in [6.45, 7) is 4.09. The summed E-state index contributed by atoms with van der Waals surface area (Å²) >= 11 is 0. The zero-order valence-electron chi connectivity index (χ0n) is 20.9. The van der Waals surface area contributed by atoms with Gasteiger partial charge < -0.3 is 10.1 Å². The van der Waals surface area contributed by atoms with Crippen molar-refractivity contribution in [2.45, 2.75) is 26.1 Å². The number of halogens is 3. The first-order valence-electron chi connectivity index (χ1n) is 12.2. The number of hydrogen-bond donors (Lipinski definition) is 1. The Labute approximate surface area is 219 Å². The smallest absolute Gasteiger partial charge is 0.379 e. The van der Waals surface area contributed by atoms with Crippen molar-refractivity contribution in [1.29, 1.82) is 0 Å². The van der Waals surface area contributed by atoms with Crippen LogP contribution in [0.15, 0.2) is 67.0 Å². The zero-order chi connectivity index (χ0) is 27.1. The van der Waals surface area contributed by atoms with Gasteiger partial charge >= 0.3 is 6.18 Å². The van der Waals surface area contributed by atoms with Gasteiger partial charge in [-0.05, 0) is 53.5 Å². The van der Waals surface area contributed by atoms with Crippen molar-refractivity contribution in [3.05, 3.63) is 100 Å². The van der Waals surface area contributed by atoms with Crippen LogP contribution in [0.4, 0.5) is 18.9 Å². The normalized spacial score (nSPS) is 14.5. The van der Waals surface area contributed by atoms with Gasteiger partial charge in [0.1, 0.15) is 0 Å². The summed E-state index contributed by atoms with van der Waals surface area (Å²) in [5.74, 6) is -0.729. The minimum absolute atomic E-state index is 0.169. The Hall–Kier alpha value is -3.82. The highest BCUT2D eigenvalue weighted by atomic mass is 19.4. The SMILES string of the molecule is Cc1ccc(C(=O)Cc2ccc(CN3CCOCC3)c(C(F)(F)F)c2)cc1NC(=O)/C=C/c1cccnc1. The lowest BCUT2D eigenvalue weighted by Gasteiger charge is -2.27. The molecule has 2 aromatic carbocycles. The van der Waals surface area contributed by atoms with E-state index in [1.807, 2.05) is 4.90 Å². The molecular weight excluding hydrogens is 495 g/mol. The average Bonchev–Trinajstić information content (AvgIpc) is 2.90. The number of amides is 1. The molecule has 2 heterocycles. The van der Waals surface area contributed by atoms with Gasteiger partial charge in [0.05, 0.1) is 18.8 Å². The van der Waals surface area contributed by atoms with Crippen molar-refractivity contribution < 1.29 is 27.5 Å². The largest absolute Gasteiger partial charge is 0.416 e. The van der Waals surface area contributed by atoms with E-state index < -0.39 is 11.7 Å². The molecular formula is C29H28F3N3O3. The van der Waals surface area contributed by atoms with Gasteiger partial charge in [-0.15, -0.1) is 0 Å². The van der Waals surface area contributed by atoms with E-state index in [2.05, 4.69) is 10.3 Å². The Morgan fingerprint density at radius 3 is 2.61 bits per heavy atom. The fourth-order valence-electron chi connectivity index (χ4n) is 4.17. The number of ether oxygens (including phenoxy) is 1. The molecule has 0 atom stereocenters. The van der Waals surface area contributed by atoms with Gasteiger partial charge in [0.15, 0.2) is 5.78 Å². The van der Waals surface area contributed by atoms with Gasteiger partial charge in [-0.2, -0.15) is 13.2 Å². The summed E-state index contributed by atoms with van der Waals surface area (Å²) in [4.78, 5) is 31.3. The molecule has 4 rings (SSSR count). The lowest BCUT2D eigenvalue weighted by Crippen LogP contribution is -2.36. The van der Waals surface area contributed by atoms with E-state index in [-0.39, 0.29) is 35.8 Å². The highest BCUT2D eigenvalue weighted by Crippen LogP contribution is 2.34. The van der Waals surface area contributed by atoms with Crippen LogP contribution in [0.2, 0.25) is 0 Å². The van der Waals surface area contributed by atoms with E-state index in [1.165, 1.54) is 12.1 Å². The lowest BCUT2D eigenvalue weighted by molar-refractivity contribution is -0.138. The molecule has 0 saturated carbocycles. The summed E-state index contributed by atoms with van der Waals surface area (Å²) in [6, 6.07) is 12.5. The van der Waals surface area contributed by atoms with Gasteiger partial charge in [0, 0.05) is 55.8 Å². The van der Waals surface area contributed by atoms with Crippen molar-refractivity contribution in [2.75, 3.05) is 31.6 Å². The first-order chi connectivity index (χ1) is 18.2. The van der Waals surface area contributed by atoms with Gasteiger partial charge in [0.2, 0.25) is 5.91 Å². The number of alkyl halides is 3. The molecule has 1 aliphatic heterocycles. The zero-order valence-corrected chi connectivity index (χ0v) is 20.9. The number of benzene rings is 2. The number of aryl methyl sites for hydroxylation is 1. The molecule has 6 nitrogen and oxygen atoms in total. The summed E-state index contributed by atoms with van der Waals surface area (Å²) in [5, 5.41) is 2.75. The average molecular weight is 524 g/mol. The molecule has 198 valence electrons. The molecule has 0 spiro atoms. The molecule has 0 aliphatic carbocycles. The quantitative estimate of drug-likeness (QED) is 0.320. The van der Waals surface area contributed by atoms with Crippen LogP contribution < -0.4 is 5.32 Å². The fourth-order valence-corrected chi connectivity index (χ4v) is 4.17. The van der Waals surface area contributed by atoms with Gasteiger partial charge in [0.25, 0.3) is 0 Å². The maximum atomic E-state index is 13.9. The monoisotopic (exact) mass is 523 g/mol. The minimum Gasteiger partial charge on any atom is -0.379 e. The van der Waals surface area contributed by atoms with Crippen molar-refractivity contribution >= 4 is 23.5 Å². The molecule has 1 amide bonds. The molecule has 3 aromatic rings. The number of Topliss-reactive ketones (excluding diaryl/α,β-unsaturated/α-hetero) is 1. The molecule has 0 radical (unpaired) electrons. The summed E-state index contributed by atoms with van der Waals surface area (Å²) < 4.78 is 46.8. The highest BCUT2D eigenvalue weighted by Gasteiger charge is 2.34. The lowest BCUT2D eigenvalue weighted by atomic mass is 9.97. The second kappa shape index (κ2) is 12.1. The molecule has 1 saturated heterocycles. The molecule has 0 bridgehead atoms. The highest BCUT2D eigenvalue weighted by molar-refractivity contribution is 6.04. The van der Waals surface area contributed by atoms with E-state index >= 15 is 0 Å². The number of aromatic nitrogens is 1. The molecule has 0 unspecified atom stereocenters. The second-order valence-electron chi connectivity index (χ2n) is 9.12. The number of anilines is 1. The van der Waals surface area contributed by atoms with Crippen LogP contribution >= 0.6 is 0 Å². The van der Waals surface area contributed by atoms with E-state index in [1.54, 1.807) is 61.8 Å². The Kier molecular flexibility index (Phi) is 8.70. The molecule has 1 aromatic heterocycles. The number of carbonyl (C=O) groups is 2. The Morgan fingerprint density at radius 2 is 1.89 bits per heavy atom. The van der Waals surface area contributed by atoms with Crippen molar-refractivity contribution in [1.82, 2.24) is 9.88 Å². The standard InChI is InChI=1S/C29H28F3N3O3/c1-20-4-7-23(17-26(20)34-28(37)9-6-21-3-2-10-33-18-21)27(36)16-22-5-8-24(25(15-22)29(30,31)32)19-35-11-13-38-14-12-35/h2-10,15,17-18H,11-14,16,19H2,1H3,(H,34,37)/b9-6+. The van der Waals surface area contributed by atoms with Crippen molar-refractivity contribution in [3.8, 4) is 0 Å². The third-order valence-corrected chi connectivity index (χ3v) is 6.27. The van der Waals surface area contributed by atoms with Gasteiger partial charge in [-0.25, -0.2) is 0 Å². The minimum atomic E-state index is -4.54. The number of nitrogens with zero attached hydrogens (tertiary/aromatic N) is 2. The number of rotatable bonds is 8. The number of nitrogens with one attached hydrogen (secondary N) is 1. The number of morpholine rings is 1. The topological polar surface area (TPSA) is 71.5 Å². The first kappa shape index (κ1) is 27.2. The molecule has 1 fully saturated rings. The van der Waals surface area contributed by atoms with Crippen LogP contribution in [0.1, 0.15) is 38.2 Å². The number of hydrogen-bond acceptors (Lipinski definition) is 5. The first-order valence-corrected chi connectivity index (χ1v) is 12.2. The number of ketones is 1. The summed E-state index contributed by atoms with van der Waals surface area (Å²) in [5.41, 5.74) is 1.98. The van der Waals surface area contributed by atoms with Gasteiger partial charge in [-0.3, -0.25) is 19.5 Å². The molecule has 38 heavy (non-hydrogen) atoms. The molecule has 1 aliphatic rings. The Morgan fingerprint density at radius 1 is 1.11 bits per heavy atom.